The summed E-state index contributed by atoms with van der Waals surface area (Å²) in [7, 11) is 0. The second-order valence-corrected chi connectivity index (χ2v) is 6.28. The van der Waals surface area contributed by atoms with Crippen molar-refractivity contribution in [2.75, 3.05) is 32.7 Å². The predicted octanol–water partition coefficient (Wildman–Crippen LogP) is 1.32. The van der Waals surface area contributed by atoms with E-state index >= 15 is 0 Å². The van der Waals surface area contributed by atoms with Gasteiger partial charge in [-0.3, -0.25) is 14.5 Å². The van der Waals surface area contributed by atoms with Gasteiger partial charge in [-0.1, -0.05) is 12.1 Å². The zero-order valence-electron chi connectivity index (χ0n) is 13.8. The SMILES string of the molecule is O=C(CN1CCN(C(=O)c2ccccc2OC(F)F)CC1)NC1CC1. The van der Waals surface area contributed by atoms with Crippen LogP contribution in [0.15, 0.2) is 24.3 Å². The molecule has 6 nitrogen and oxygen atoms in total. The van der Waals surface area contributed by atoms with Gasteiger partial charge in [0.25, 0.3) is 5.91 Å². The number of rotatable bonds is 6. The van der Waals surface area contributed by atoms with Gasteiger partial charge < -0.3 is 15.0 Å². The lowest BCUT2D eigenvalue weighted by molar-refractivity contribution is -0.122. The number of hydrogen-bond acceptors (Lipinski definition) is 4. The molecule has 136 valence electrons. The Bertz CT molecular complexity index is 629. The van der Waals surface area contributed by atoms with Crippen molar-refractivity contribution < 1.29 is 23.1 Å². The molecule has 0 atom stereocenters. The van der Waals surface area contributed by atoms with Crippen LogP contribution in [0.1, 0.15) is 23.2 Å². The van der Waals surface area contributed by atoms with Gasteiger partial charge in [0.15, 0.2) is 0 Å². The maximum Gasteiger partial charge on any atom is 0.387 e. The van der Waals surface area contributed by atoms with E-state index in [2.05, 4.69) is 10.1 Å². The van der Waals surface area contributed by atoms with Crippen LogP contribution >= 0.6 is 0 Å². The lowest BCUT2D eigenvalue weighted by Crippen LogP contribution is -2.51. The minimum absolute atomic E-state index is 0.0120. The Balaban J connectivity index is 1.53. The number of nitrogens with zero attached hydrogens (tertiary/aromatic N) is 2. The van der Waals surface area contributed by atoms with Gasteiger partial charge in [0.2, 0.25) is 5.91 Å². The molecule has 0 aromatic heterocycles. The fraction of sp³-hybridized carbons (Fsp3) is 0.529. The molecule has 1 aliphatic carbocycles. The van der Waals surface area contributed by atoms with E-state index in [1.54, 1.807) is 17.0 Å². The molecule has 1 heterocycles. The molecule has 0 bridgehead atoms. The fourth-order valence-corrected chi connectivity index (χ4v) is 2.83. The Morgan fingerprint density at radius 2 is 1.84 bits per heavy atom. The first kappa shape index (κ1) is 17.6. The van der Waals surface area contributed by atoms with Gasteiger partial charge in [-0.25, -0.2) is 0 Å². The van der Waals surface area contributed by atoms with Gasteiger partial charge in [-0.05, 0) is 25.0 Å². The zero-order valence-corrected chi connectivity index (χ0v) is 13.8. The molecule has 25 heavy (non-hydrogen) atoms. The Kier molecular flexibility index (Phi) is 5.47. The van der Waals surface area contributed by atoms with Gasteiger partial charge in [-0.15, -0.1) is 0 Å². The Hall–Kier alpha value is -2.22. The lowest BCUT2D eigenvalue weighted by atomic mass is 10.1. The van der Waals surface area contributed by atoms with Crippen molar-refractivity contribution in [1.29, 1.82) is 0 Å². The van der Waals surface area contributed by atoms with E-state index in [-0.39, 0.29) is 23.1 Å². The third-order valence-electron chi connectivity index (χ3n) is 4.30. The van der Waals surface area contributed by atoms with E-state index in [9.17, 15) is 18.4 Å². The maximum atomic E-state index is 12.6. The van der Waals surface area contributed by atoms with Crippen molar-refractivity contribution in [3.63, 3.8) is 0 Å². The highest BCUT2D eigenvalue weighted by Crippen LogP contribution is 2.22. The summed E-state index contributed by atoms with van der Waals surface area (Å²) in [5.41, 5.74) is 0.128. The molecule has 1 aromatic carbocycles. The molecule has 0 unspecified atom stereocenters. The molecule has 3 rings (SSSR count). The van der Waals surface area contributed by atoms with Crippen molar-refractivity contribution in [3.05, 3.63) is 29.8 Å². The Morgan fingerprint density at radius 1 is 1.16 bits per heavy atom. The Morgan fingerprint density at radius 3 is 2.48 bits per heavy atom. The summed E-state index contributed by atoms with van der Waals surface area (Å²) in [5.74, 6) is -0.440. The molecule has 1 saturated heterocycles. The summed E-state index contributed by atoms with van der Waals surface area (Å²) in [6.45, 7) is -0.625. The minimum Gasteiger partial charge on any atom is -0.434 e. The molecule has 0 radical (unpaired) electrons. The fourth-order valence-electron chi connectivity index (χ4n) is 2.83. The number of carbonyl (C=O) groups excluding carboxylic acids is 2. The second kappa shape index (κ2) is 7.77. The van der Waals surface area contributed by atoms with Crippen molar-refractivity contribution in [1.82, 2.24) is 15.1 Å². The van der Waals surface area contributed by atoms with Gasteiger partial charge in [0.1, 0.15) is 5.75 Å². The normalized spacial score (nSPS) is 18.3. The number of nitrogens with one attached hydrogen (secondary N) is 1. The van der Waals surface area contributed by atoms with Crippen LogP contribution in [0.5, 0.6) is 5.75 Å². The van der Waals surface area contributed by atoms with E-state index in [1.807, 2.05) is 4.90 Å². The van der Waals surface area contributed by atoms with Crippen molar-refractivity contribution in [2.24, 2.45) is 0 Å². The molecule has 1 aromatic rings. The van der Waals surface area contributed by atoms with Crippen LogP contribution in [0.2, 0.25) is 0 Å². The Labute approximate surface area is 144 Å². The number of benzene rings is 1. The van der Waals surface area contributed by atoms with Crippen molar-refractivity contribution in [3.8, 4) is 5.75 Å². The van der Waals surface area contributed by atoms with E-state index in [1.165, 1.54) is 12.1 Å². The minimum atomic E-state index is -2.98. The molecule has 0 spiro atoms. The number of carbonyl (C=O) groups is 2. The molecular weight excluding hydrogens is 332 g/mol. The van der Waals surface area contributed by atoms with Crippen LogP contribution in [-0.2, 0) is 4.79 Å². The van der Waals surface area contributed by atoms with Gasteiger partial charge in [0, 0.05) is 32.2 Å². The number of para-hydroxylation sites is 1. The summed E-state index contributed by atoms with van der Waals surface area (Å²) >= 11 is 0. The van der Waals surface area contributed by atoms with Crippen LogP contribution in [0, 0.1) is 0 Å². The van der Waals surface area contributed by atoms with E-state index in [0.29, 0.717) is 38.8 Å². The maximum absolute atomic E-state index is 12.6. The van der Waals surface area contributed by atoms with E-state index in [4.69, 9.17) is 0 Å². The monoisotopic (exact) mass is 353 g/mol. The number of ether oxygens (including phenoxy) is 1. The molecule has 8 heteroatoms. The first-order valence-corrected chi connectivity index (χ1v) is 8.38. The highest BCUT2D eigenvalue weighted by Gasteiger charge is 2.27. The zero-order chi connectivity index (χ0) is 17.8. The van der Waals surface area contributed by atoms with Gasteiger partial charge >= 0.3 is 6.61 Å². The number of alkyl halides is 2. The first-order chi connectivity index (χ1) is 12.0. The smallest absolute Gasteiger partial charge is 0.387 e. The summed E-state index contributed by atoms with van der Waals surface area (Å²) in [4.78, 5) is 28.0. The molecule has 2 fully saturated rings. The number of halogens is 2. The van der Waals surface area contributed by atoms with Crippen LogP contribution in [0.3, 0.4) is 0 Å². The standard InChI is InChI=1S/C17H21F2N3O3/c18-17(19)25-14-4-2-1-3-13(14)16(24)22-9-7-21(8-10-22)11-15(23)20-12-5-6-12/h1-4,12,17H,5-11H2,(H,20,23). The topological polar surface area (TPSA) is 61.9 Å². The third-order valence-corrected chi connectivity index (χ3v) is 4.30. The summed E-state index contributed by atoms with van der Waals surface area (Å²) in [6, 6.07) is 6.34. The van der Waals surface area contributed by atoms with Crippen molar-refractivity contribution in [2.45, 2.75) is 25.5 Å². The van der Waals surface area contributed by atoms with Crippen LogP contribution in [0.4, 0.5) is 8.78 Å². The van der Waals surface area contributed by atoms with Crippen LogP contribution < -0.4 is 10.1 Å². The third kappa shape index (κ3) is 4.88. The number of amides is 2. The molecule has 1 N–H and O–H groups in total. The van der Waals surface area contributed by atoms with Gasteiger partial charge in [-0.2, -0.15) is 8.78 Å². The largest absolute Gasteiger partial charge is 0.434 e. The highest BCUT2D eigenvalue weighted by molar-refractivity contribution is 5.97. The second-order valence-electron chi connectivity index (χ2n) is 6.28. The summed E-state index contributed by atoms with van der Waals surface area (Å²) in [6.07, 6.45) is 2.10. The predicted molar refractivity (Wildman–Crippen MR) is 86.6 cm³/mol. The van der Waals surface area contributed by atoms with E-state index in [0.717, 1.165) is 12.8 Å². The number of hydrogen-bond donors (Lipinski definition) is 1. The molecule has 1 aliphatic heterocycles. The molecule has 1 saturated carbocycles. The number of piperazine rings is 1. The average molecular weight is 353 g/mol. The van der Waals surface area contributed by atoms with Crippen LogP contribution in [-0.4, -0.2) is 67.0 Å². The molecule has 2 aliphatic rings. The average Bonchev–Trinajstić information content (AvgIpc) is 3.39. The van der Waals surface area contributed by atoms with E-state index < -0.39 is 6.61 Å². The summed E-state index contributed by atoms with van der Waals surface area (Å²) in [5, 5.41) is 2.94. The lowest BCUT2D eigenvalue weighted by Gasteiger charge is -2.34. The van der Waals surface area contributed by atoms with Crippen LogP contribution in [0.25, 0.3) is 0 Å². The van der Waals surface area contributed by atoms with Crippen molar-refractivity contribution >= 4 is 11.8 Å². The summed E-state index contributed by atoms with van der Waals surface area (Å²) < 4.78 is 29.4. The molecule has 2 amide bonds. The highest BCUT2D eigenvalue weighted by atomic mass is 19.3. The molecular formula is C17H21F2N3O3. The van der Waals surface area contributed by atoms with Gasteiger partial charge in [0.05, 0.1) is 12.1 Å². The first-order valence-electron chi connectivity index (χ1n) is 8.38. The quantitative estimate of drug-likeness (QED) is 0.838.